The molecule has 0 bridgehead atoms. The molecule has 0 radical (unpaired) electrons. The summed E-state index contributed by atoms with van der Waals surface area (Å²) in [5.41, 5.74) is 3.58. The molecule has 1 fully saturated rings. The lowest BCUT2D eigenvalue weighted by Crippen LogP contribution is -2.49. The molecule has 5 heteroatoms. The summed E-state index contributed by atoms with van der Waals surface area (Å²) in [5, 5.41) is 3.03. The summed E-state index contributed by atoms with van der Waals surface area (Å²) in [4.78, 5) is 29.3. The second-order valence-corrected chi connectivity index (χ2v) is 7.85. The first-order chi connectivity index (χ1) is 15.1. The summed E-state index contributed by atoms with van der Waals surface area (Å²) in [6.07, 6.45) is 0.912. The quantitative estimate of drug-likeness (QED) is 0.618. The number of hydrogen-bond donors (Lipinski definition) is 1. The predicted molar refractivity (Wildman–Crippen MR) is 123 cm³/mol. The van der Waals surface area contributed by atoms with Crippen molar-refractivity contribution in [3.05, 3.63) is 102 Å². The Labute approximate surface area is 183 Å². The zero-order valence-electron chi connectivity index (χ0n) is 17.7. The van der Waals surface area contributed by atoms with E-state index in [1.807, 2.05) is 84.6 Å². The average molecular weight is 414 g/mol. The van der Waals surface area contributed by atoms with Crippen molar-refractivity contribution in [1.82, 2.24) is 10.2 Å². The SMILES string of the molecule is C[C@@H](NC(=O)c1ccc(N2CCCN(Cc3ccccc3)C2=O)cc1)c1ccccc1. The first-order valence-electron chi connectivity index (χ1n) is 10.7. The fourth-order valence-electron chi connectivity index (χ4n) is 3.87. The normalized spacial score (nSPS) is 14.9. The number of anilines is 1. The minimum Gasteiger partial charge on any atom is -0.346 e. The van der Waals surface area contributed by atoms with E-state index in [4.69, 9.17) is 0 Å². The highest BCUT2D eigenvalue weighted by molar-refractivity contribution is 5.96. The molecule has 31 heavy (non-hydrogen) atoms. The number of nitrogens with one attached hydrogen (secondary N) is 1. The van der Waals surface area contributed by atoms with Gasteiger partial charge in [0.25, 0.3) is 5.91 Å². The van der Waals surface area contributed by atoms with Gasteiger partial charge in [-0.05, 0) is 48.7 Å². The molecule has 3 amide bonds. The van der Waals surface area contributed by atoms with Crippen LogP contribution in [0.4, 0.5) is 10.5 Å². The van der Waals surface area contributed by atoms with Crippen LogP contribution in [0.15, 0.2) is 84.9 Å². The van der Waals surface area contributed by atoms with E-state index in [1.165, 1.54) is 0 Å². The molecule has 0 spiro atoms. The molecule has 158 valence electrons. The van der Waals surface area contributed by atoms with Crippen molar-refractivity contribution in [2.75, 3.05) is 18.0 Å². The average Bonchev–Trinajstić information content (AvgIpc) is 2.82. The molecule has 1 saturated heterocycles. The highest BCUT2D eigenvalue weighted by Gasteiger charge is 2.27. The molecule has 1 aliphatic heterocycles. The Bertz CT molecular complexity index is 1020. The third-order valence-corrected chi connectivity index (χ3v) is 5.62. The van der Waals surface area contributed by atoms with Gasteiger partial charge in [0.05, 0.1) is 6.04 Å². The third kappa shape index (κ3) is 4.94. The van der Waals surface area contributed by atoms with Crippen LogP contribution in [0.1, 0.15) is 40.9 Å². The first-order valence-corrected chi connectivity index (χ1v) is 10.7. The minimum absolute atomic E-state index is 0.00463. The molecule has 1 N–H and O–H groups in total. The Kier molecular flexibility index (Phi) is 6.32. The Morgan fingerprint density at radius 3 is 2.23 bits per heavy atom. The van der Waals surface area contributed by atoms with E-state index < -0.39 is 0 Å². The van der Waals surface area contributed by atoms with Crippen LogP contribution < -0.4 is 10.2 Å². The molecule has 1 atom stereocenters. The van der Waals surface area contributed by atoms with Gasteiger partial charge in [-0.15, -0.1) is 0 Å². The monoisotopic (exact) mass is 413 g/mol. The van der Waals surface area contributed by atoms with E-state index in [0.29, 0.717) is 18.7 Å². The second kappa shape index (κ2) is 9.47. The summed E-state index contributed by atoms with van der Waals surface area (Å²) in [5.74, 6) is -0.126. The van der Waals surface area contributed by atoms with Gasteiger partial charge < -0.3 is 10.2 Å². The summed E-state index contributed by atoms with van der Waals surface area (Å²) in [7, 11) is 0. The summed E-state index contributed by atoms with van der Waals surface area (Å²) in [6.45, 7) is 4.01. The molecule has 1 heterocycles. The maximum absolute atomic E-state index is 13.0. The molecule has 0 unspecified atom stereocenters. The molecular formula is C26H27N3O2. The van der Waals surface area contributed by atoms with Crippen molar-refractivity contribution >= 4 is 17.6 Å². The Morgan fingerprint density at radius 2 is 1.55 bits per heavy atom. The number of carbonyl (C=O) groups is 2. The van der Waals surface area contributed by atoms with Crippen LogP contribution >= 0.6 is 0 Å². The zero-order valence-corrected chi connectivity index (χ0v) is 17.7. The Morgan fingerprint density at radius 1 is 0.903 bits per heavy atom. The van der Waals surface area contributed by atoms with Crippen LogP contribution in [0.2, 0.25) is 0 Å². The van der Waals surface area contributed by atoms with Crippen LogP contribution in [-0.2, 0) is 6.54 Å². The van der Waals surface area contributed by atoms with Crippen molar-refractivity contribution in [3.63, 3.8) is 0 Å². The first kappa shape index (κ1) is 20.7. The molecule has 3 aromatic carbocycles. The maximum atomic E-state index is 13.0. The molecule has 0 aromatic heterocycles. The predicted octanol–water partition coefficient (Wildman–Crippen LogP) is 5.01. The summed E-state index contributed by atoms with van der Waals surface area (Å²) in [6, 6.07) is 27.1. The highest BCUT2D eigenvalue weighted by atomic mass is 16.2. The number of rotatable bonds is 6. The van der Waals surface area contributed by atoms with Crippen molar-refractivity contribution in [2.45, 2.75) is 25.9 Å². The van der Waals surface area contributed by atoms with Gasteiger partial charge in [-0.1, -0.05) is 60.7 Å². The Hall–Kier alpha value is -3.60. The fraction of sp³-hybridized carbons (Fsp3) is 0.231. The van der Waals surface area contributed by atoms with Gasteiger partial charge in [0.1, 0.15) is 0 Å². The van der Waals surface area contributed by atoms with E-state index in [-0.39, 0.29) is 18.0 Å². The molecule has 1 aliphatic rings. The number of amides is 3. The zero-order chi connectivity index (χ0) is 21.6. The van der Waals surface area contributed by atoms with Gasteiger partial charge in [0, 0.05) is 30.9 Å². The van der Waals surface area contributed by atoms with Gasteiger partial charge in [-0.3, -0.25) is 9.69 Å². The molecule has 0 aliphatic carbocycles. The number of urea groups is 1. The molecule has 4 rings (SSSR count). The Balaban J connectivity index is 1.41. The van der Waals surface area contributed by atoms with Crippen molar-refractivity contribution in [1.29, 1.82) is 0 Å². The smallest absolute Gasteiger partial charge is 0.324 e. The molecular weight excluding hydrogens is 386 g/mol. The van der Waals surface area contributed by atoms with E-state index in [2.05, 4.69) is 5.32 Å². The number of hydrogen-bond acceptors (Lipinski definition) is 2. The fourth-order valence-corrected chi connectivity index (χ4v) is 3.87. The van der Waals surface area contributed by atoms with E-state index in [0.717, 1.165) is 29.8 Å². The van der Waals surface area contributed by atoms with E-state index >= 15 is 0 Å². The number of benzene rings is 3. The topological polar surface area (TPSA) is 52.7 Å². The lowest BCUT2D eigenvalue weighted by atomic mass is 10.1. The van der Waals surface area contributed by atoms with Crippen molar-refractivity contribution < 1.29 is 9.59 Å². The van der Waals surface area contributed by atoms with Crippen LogP contribution in [0, 0.1) is 0 Å². The second-order valence-electron chi connectivity index (χ2n) is 7.85. The van der Waals surface area contributed by atoms with E-state index in [1.54, 1.807) is 17.0 Å². The van der Waals surface area contributed by atoms with E-state index in [9.17, 15) is 9.59 Å². The van der Waals surface area contributed by atoms with Gasteiger partial charge in [0.15, 0.2) is 0 Å². The standard InChI is InChI=1S/C26H27N3O2/c1-20(22-11-6-3-7-12-22)27-25(30)23-13-15-24(16-14-23)29-18-8-17-28(26(29)31)19-21-9-4-2-5-10-21/h2-7,9-16,20H,8,17-19H2,1H3,(H,27,30)/t20-/m1/s1. The van der Waals surface area contributed by atoms with Gasteiger partial charge in [0.2, 0.25) is 0 Å². The lowest BCUT2D eigenvalue weighted by molar-refractivity contribution is 0.0940. The number of carbonyl (C=O) groups excluding carboxylic acids is 2. The maximum Gasteiger partial charge on any atom is 0.324 e. The molecule has 3 aromatic rings. The van der Waals surface area contributed by atoms with Crippen LogP contribution in [0.5, 0.6) is 0 Å². The van der Waals surface area contributed by atoms with Gasteiger partial charge in [-0.25, -0.2) is 4.79 Å². The van der Waals surface area contributed by atoms with Crippen molar-refractivity contribution in [3.8, 4) is 0 Å². The minimum atomic E-state index is -0.126. The molecule has 5 nitrogen and oxygen atoms in total. The summed E-state index contributed by atoms with van der Waals surface area (Å²) >= 11 is 0. The summed E-state index contributed by atoms with van der Waals surface area (Å²) < 4.78 is 0. The van der Waals surface area contributed by atoms with Crippen molar-refractivity contribution in [2.24, 2.45) is 0 Å². The van der Waals surface area contributed by atoms with Gasteiger partial charge >= 0.3 is 6.03 Å². The lowest BCUT2D eigenvalue weighted by Gasteiger charge is -2.35. The van der Waals surface area contributed by atoms with Gasteiger partial charge in [-0.2, -0.15) is 0 Å². The van der Waals surface area contributed by atoms with Crippen LogP contribution in [-0.4, -0.2) is 29.9 Å². The highest BCUT2D eigenvalue weighted by Crippen LogP contribution is 2.22. The molecule has 0 saturated carbocycles. The third-order valence-electron chi connectivity index (χ3n) is 5.62. The van der Waals surface area contributed by atoms with Crippen LogP contribution in [0.3, 0.4) is 0 Å². The van der Waals surface area contributed by atoms with Crippen LogP contribution in [0.25, 0.3) is 0 Å². The largest absolute Gasteiger partial charge is 0.346 e. The number of nitrogens with zero attached hydrogens (tertiary/aromatic N) is 2.